The van der Waals surface area contributed by atoms with Gasteiger partial charge in [-0.1, -0.05) is 0 Å². The molecule has 0 amide bonds. The van der Waals surface area contributed by atoms with Gasteiger partial charge in [-0.05, 0) is 11.6 Å². The number of hydrogen-bond donors (Lipinski definition) is 2. The van der Waals surface area contributed by atoms with Crippen LogP contribution in [0.25, 0.3) is 0 Å². The molecular weight excluding hydrogens is 206 g/mol. The Morgan fingerprint density at radius 2 is 2.27 bits per heavy atom. The summed E-state index contributed by atoms with van der Waals surface area (Å²) in [4.78, 5) is 3.58. The zero-order valence-corrected chi connectivity index (χ0v) is 8.20. The molecule has 0 spiro atoms. The molecule has 0 unspecified atom stereocenters. The summed E-state index contributed by atoms with van der Waals surface area (Å²) in [7, 11) is 1.30. The second-order valence-electron chi connectivity index (χ2n) is 2.86. The van der Waals surface area contributed by atoms with Gasteiger partial charge in [0.2, 0.25) is 5.88 Å². The van der Waals surface area contributed by atoms with Crippen molar-refractivity contribution in [3.63, 3.8) is 0 Å². The molecule has 0 radical (unpaired) electrons. The van der Waals surface area contributed by atoms with Gasteiger partial charge >= 0.3 is 0 Å². The highest BCUT2D eigenvalue weighted by Crippen LogP contribution is 2.26. The number of methoxy groups -OCH3 is 1. The van der Waals surface area contributed by atoms with E-state index in [0.29, 0.717) is 11.1 Å². The molecule has 0 bridgehead atoms. The standard InChI is InChI=1S/C9H12F2N2O2/c1-15-9-6(4-14)5(3-12)2-7(13-9)8(10)11/h2,8,14H,3-4,12H2,1H3. The number of aliphatic hydroxyl groups is 1. The van der Waals surface area contributed by atoms with Gasteiger partial charge in [-0.25, -0.2) is 13.8 Å². The van der Waals surface area contributed by atoms with Crippen LogP contribution >= 0.6 is 0 Å². The number of halogens is 2. The number of nitrogens with two attached hydrogens (primary N) is 1. The van der Waals surface area contributed by atoms with Gasteiger partial charge in [0.15, 0.2) is 0 Å². The van der Waals surface area contributed by atoms with Crippen LogP contribution in [-0.2, 0) is 13.2 Å². The number of alkyl halides is 2. The van der Waals surface area contributed by atoms with E-state index in [-0.39, 0.29) is 19.0 Å². The predicted molar refractivity (Wildman–Crippen MR) is 49.6 cm³/mol. The molecule has 0 atom stereocenters. The van der Waals surface area contributed by atoms with Crippen LogP contribution < -0.4 is 10.5 Å². The number of pyridine rings is 1. The smallest absolute Gasteiger partial charge is 0.280 e. The highest BCUT2D eigenvalue weighted by atomic mass is 19.3. The Kier molecular flexibility index (Phi) is 3.93. The van der Waals surface area contributed by atoms with Gasteiger partial charge < -0.3 is 15.6 Å². The second-order valence-corrected chi connectivity index (χ2v) is 2.86. The third-order valence-electron chi connectivity index (χ3n) is 1.99. The summed E-state index contributed by atoms with van der Waals surface area (Å²) in [5.41, 5.74) is 5.75. The lowest BCUT2D eigenvalue weighted by Gasteiger charge is -2.12. The van der Waals surface area contributed by atoms with Gasteiger partial charge in [0, 0.05) is 12.1 Å². The number of nitrogens with zero attached hydrogens (tertiary/aromatic N) is 1. The van der Waals surface area contributed by atoms with Crippen LogP contribution in [0.4, 0.5) is 8.78 Å². The van der Waals surface area contributed by atoms with Gasteiger partial charge in [-0.2, -0.15) is 0 Å². The molecule has 0 saturated heterocycles. The van der Waals surface area contributed by atoms with E-state index in [1.165, 1.54) is 13.2 Å². The van der Waals surface area contributed by atoms with Crippen molar-refractivity contribution < 1.29 is 18.6 Å². The molecule has 1 aromatic rings. The molecule has 0 aromatic carbocycles. The molecule has 0 fully saturated rings. The highest BCUT2D eigenvalue weighted by molar-refractivity contribution is 5.36. The Hall–Kier alpha value is -1.27. The first kappa shape index (κ1) is 11.8. The van der Waals surface area contributed by atoms with Crippen LogP contribution in [0.2, 0.25) is 0 Å². The first-order valence-electron chi connectivity index (χ1n) is 4.29. The third kappa shape index (κ3) is 2.40. The number of hydrogen-bond acceptors (Lipinski definition) is 4. The summed E-state index contributed by atoms with van der Waals surface area (Å²) in [6.07, 6.45) is -2.68. The van der Waals surface area contributed by atoms with Crippen LogP contribution in [0.15, 0.2) is 6.07 Å². The van der Waals surface area contributed by atoms with Gasteiger partial charge in [0.25, 0.3) is 6.43 Å². The Bertz CT molecular complexity index is 320. The minimum absolute atomic E-state index is 0.00394. The summed E-state index contributed by atoms with van der Waals surface area (Å²) >= 11 is 0. The lowest BCUT2D eigenvalue weighted by molar-refractivity contribution is 0.144. The lowest BCUT2D eigenvalue weighted by Crippen LogP contribution is -2.08. The Labute approximate surface area is 85.7 Å². The predicted octanol–water partition coefficient (Wildman–Crippen LogP) is 0.979. The molecule has 1 aromatic heterocycles. The van der Waals surface area contributed by atoms with E-state index in [0.717, 1.165) is 0 Å². The minimum Gasteiger partial charge on any atom is -0.481 e. The Morgan fingerprint density at radius 3 is 2.67 bits per heavy atom. The molecule has 1 rings (SSSR count). The maximum absolute atomic E-state index is 12.4. The van der Waals surface area contributed by atoms with E-state index in [2.05, 4.69) is 4.98 Å². The first-order valence-corrected chi connectivity index (χ1v) is 4.29. The van der Waals surface area contributed by atoms with Crippen LogP contribution in [-0.4, -0.2) is 17.2 Å². The van der Waals surface area contributed by atoms with Gasteiger partial charge in [0.05, 0.1) is 13.7 Å². The van der Waals surface area contributed by atoms with E-state index >= 15 is 0 Å². The van der Waals surface area contributed by atoms with E-state index in [9.17, 15) is 8.78 Å². The van der Waals surface area contributed by atoms with Gasteiger partial charge in [-0.3, -0.25) is 0 Å². The van der Waals surface area contributed by atoms with Crippen molar-refractivity contribution in [2.75, 3.05) is 7.11 Å². The van der Waals surface area contributed by atoms with E-state index in [4.69, 9.17) is 15.6 Å². The monoisotopic (exact) mass is 218 g/mol. The Balaban J connectivity index is 3.29. The van der Waals surface area contributed by atoms with Crippen molar-refractivity contribution in [3.05, 3.63) is 22.9 Å². The molecule has 3 N–H and O–H groups in total. The molecule has 0 aliphatic heterocycles. The van der Waals surface area contributed by atoms with Crippen LogP contribution in [0.5, 0.6) is 5.88 Å². The number of aliphatic hydroxyl groups excluding tert-OH is 1. The maximum atomic E-state index is 12.4. The molecule has 0 aliphatic rings. The highest BCUT2D eigenvalue weighted by Gasteiger charge is 2.16. The maximum Gasteiger partial charge on any atom is 0.280 e. The number of aromatic nitrogens is 1. The number of rotatable bonds is 4. The molecule has 1 heterocycles. The zero-order valence-electron chi connectivity index (χ0n) is 8.20. The summed E-state index contributed by atoms with van der Waals surface area (Å²) in [6.45, 7) is -0.291. The fraction of sp³-hybridized carbons (Fsp3) is 0.444. The second kappa shape index (κ2) is 4.99. The average molecular weight is 218 g/mol. The summed E-state index contributed by atoms with van der Waals surface area (Å²) in [5.74, 6) is -0.00394. The Morgan fingerprint density at radius 1 is 1.60 bits per heavy atom. The van der Waals surface area contributed by atoms with Crippen molar-refractivity contribution in [3.8, 4) is 5.88 Å². The molecule has 4 nitrogen and oxygen atoms in total. The SMILES string of the molecule is COc1nc(C(F)F)cc(CN)c1CO. The van der Waals surface area contributed by atoms with Crippen molar-refractivity contribution in [1.82, 2.24) is 4.98 Å². The summed E-state index contributed by atoms with van der Waals surface area (Å²) in [6, 6.07) is 1.18. The lowest BCUT2D eigenvalue weighted by atomic mass is 10.1. The van der Waals surface area contributed by atoms with E-state index in [1.54, 1.807) is 0 Å². The third-order valence-corrected chi connectivity index (χ3v) is 1.99. The van der Waals surface area contributed by atoms with Crippen molar-refractivity contribution in [2.24, 2.45) is 5.73 Å². The fourth-order valence-electron chi connectivity index (χ4n) is 1.25. The molecular formula is C9H12F2N2O2. The van der Waals surface area contributed by atoms with Crippen LogP contribution in [0.3, 0.4) is 0 Å². The largest absolute Gasteiger partial charge is 0.481 e. The van der Waals surface area contributed by atoms with Gasteiger partial charge in [-0.15, -0.1) is 0 Å². The molecule has 0 aliphatic carbocycles. The van der Waals surface area contributed by atoms with E-state index < -0.39 is 12.1 Å². The molecule has 15 heavy (non-hydrogen) atoms. The summed E-state index contributed by atoms with van der Waals surface area (Å²) < 4.78 is 29.6. The van der Waals surface area contributed by atoms with Gasteiger partial charge in [0.1, 0.15) is 5.69 Å². The normalized spacial score (nSPS) is 10.8. The summed E-state index contributed by atoms with van der Waals surface area (Å²) in [5, 5.41) is 9.03. The van der Waals surface area contributed by atoms with Crippen LogP contribution in [0.1, 0.15) is 23.2 Å². The molecule has 84 valence electrons. The molecule has 6 heteroatoms. The fourth-order valence-corrected chi connectivity index (χ4v) is 1.25. The average Bonchev–Trinajstić information content (AvgIpc) is 2.26. The minimum atomic E-state index is -2.68. The zero-order chi connectivity index (χ0) is 11.4. The quantitative estimate of drug-likeness (QED) is 0.790. The first-order chi connectivity index (χ1) is 7.13. The van der Waals surface area contributed by atoms with Crippen molar-refractivity contribution in [1.29, 1.82) is 0 Å². The number of ether oxygens (including phenoxy) is 1. The van der Waals surface area contributed by atoms with Crippen molar-refractivity contribution in [2.45, 2.75) is 19.6 Å². The van der Waals surface area contributed by atoms with Crippen molar-refractivity contribution >= 4 is 0 Å². The topological polar surface area (TPSA) is 68.4 Å². The van der Waals surface area contributed by atoms with E-state index in [1.807, 2.05) is 0 Å². The van der Waals surface area contributed by atoms with Crippen LogP contribution in [0, 0.1) is 0 Å². The molecule has 0 saturated carbocycles.